The maximum absolute atomic E-state index is 10.2. The van der Waals surface area contributed by atoms with E-state index in [2.05, 4.69) is 0 Å². The fraction of sp³-hybridized carbons (Fsp3) is 0.875. The van der Waals surface area contributed by atoms with Crippen LogP contribution < -0.4 is 5.73 Å². The third-order valence-electron chi connectivity index (χ3n) is 1.47. The van der Waals surface area contributed by atoms with Gasteiger partial charge in [0.2, 0.25) is 0 Å². The molecule has 0 heterocycles. The minimum Gasteiger partial charge on any atom is -0.480 e. The second-order valence-electron chi connectivity index (χ2n) is 3.58. The molecule has 5 heteroatoms. The summed E-state index contributed by atoms with van der Waals surface area (Å²) >= 11 is 0. The molecule has 5 nitrogen and oxygen atoms in total. The van der Waals surface area contributed by atoms with Crippen molar-refractivity contribution in [3.05, 3.63) is 0 Å². The van der Waals surface area contributed by atoms with Gasteiger partial charge >= 0.3 is 5.97 Å². The van der Waals surface area contributed by atoms with Crippen LogP contribution in [0.3, 0.4) is 0 Å². The Morgan fingerprint density at radius 3 is 2.54 bits per heavy atom. The maximum Gasteiger partial charge on any atom is 0.322 e. The van der Waals surface area contributed by atoms with Crippen LogP contribution in [0, 0.1) is 0 Å². The van der Waals surface area contributed by atoms with Gasteiger partial charge < -0.3 is 20.7 Å². The van der Waals surface area contributed by atoms with Crippen molar-refractivity contribution >= 4 is 5.97 Å². The average molecular weight is 191 g/mol. The lowest BCUT2D eigenvalue weighted by Crippen LogP contribution is -2.35. The van der Waals surface area contributed by atoms with E-state index in [1.165, 1.54) is 0 Å². The number of aliphatic carboxylic acids is 1. The molecular formula is C8H17NO4. The number of rotatable bonds is 6. The van der Waals surface area contributed by atoms with Gasteiger partial charge in [-0.15, -0.1) is 0 Å². The molecule has 78 valence electrons. The van der Waals surface area contributed by atoms with Crippen molar-refractivity contribution in [2.45, 2.75) is 31.9 Å². The van der Waals surface area contributed by atoms with Gasteiger partial charge in [0.05, 0.1) is 12.2 Å². The number of ether oxygens (including phenoxy) is 1. The average Bonchev–Trinajstić information content (AvgIpc) is 1.95. The van der Waals surface area contributed by atoms with Crippen molar-refractivity contribution in [3.8, 4) is 0 Å². The van der Waals surface area contributed by atoms with Crippen LogP contribution in [0.15, 0.2) is 0 Å². The molecule has 0 spiro atoms. The van der Waals surface area contributed by atoms with E-state index in [0.717, 1.165) is 0 Å². The molecule has 0 saturated carbocycles. The first kappa shape index (κ1) is 12.3. The van der Waals surface area contributed by atoms with E-state index >= 15 is 0 Å². The highest BCUT2D eigenvalue weighted by Crippen LogP contribution is 2.06. The number of hydrogen-bond donors (Lipinski definition) is 3. The van der Waals surface area contributed by atoms with Crippen molar-refractivity contribution < 1.29 is 19.7 Å². The Bertz CT molecular complexity index is 164. The fourth-order valence-corrected chi connectivity index (χ4v) is 0.604. The minimum atomic E-state index is -1.08. The Balaban J connectivity index is 3.41. The summed E-state index contributed by atoms with van der Waals surface area (Å²) in [7, 11) is 0. The number of hydrogen-bond acceptors (Lipinski definition) is 4. The van der Waals surface area contributed by atoms with Gasteiger partial charge in [-0.2, -0.15) is 0 Å². The van der Waals surface area contributed by atoms with Crippen molar-refractivity contribution in [2.24, 2.45) is 5.73 Å². The smallest absolute Gasteiger partial charge is 0.322 e. The second-order valence-corrected chi connectivity index (χ2v) is 3.58. The predicted octanol–water partition coefficient (Wildman–Crippen LogP) is -0.424. The fourth-order valence-electron chi connectivity index (χ4n) is 0.604. The molecular weight excluding hydrogens is 174 g/mol. The lowest BCUT2D eigenvalue weighted by Gasteiger charge is -2.17. The molecule has 0 aliphatic carbocycles. The van der Waals surface area contributed by atoms with E-state index in [9.17, 15) is 9.90 Å². The first-order valence-corrected chi connectivity index (χ1v) is 4.11. The summed E-state index contributed by atoms with van der Waals surface area (Å²) in [4.78, 5) is 10.2. The van der Waals surface area contributed by atoms with Gasteiger partial charge in [-0.3, -0.25) is 4.79 Å². The van der Waals surface area contributed by atoms with E-state index in [1.54, 1.807) is 13.8 Å². The number of carbonyl (C=O) groups is 1. The zero-order chi connectivity index (χ0) is 10.5. The van der Waals surface area contributed by atoms with E-state index in [4.69, 9.17) is 15.6 Å². The van der Waals surface area contributed by atoms with E-state index < -0.39 is 17.6 Å². The Morgan fingerprint density at radius 1 is 1.62 bits per heavy atom. The van der Waals surface area contributed by atoms with Crippen LogP contribution in [0.1, 0.15) is 20.3 Å². The van der Waals surface area contributed by atoms with Gasteiger partial charge in [-0.25, -0.2) is 0 Å². The molecule has 0 aromatic carbocycles. The number of aliphatic hydroxyl groups is 1. The Hall–Kier alpha value is -0.650. The lowest BCUT2D eigenvalue weighted by atomic mass is 10.1. The van der Waals surface area contributed by atoms with Crippen molar-refractivity contribution in [1.29, 1.82) is 0 Å². The SMILES string of the molecule is CC(C)(O)CCOCC(N)C(=O)O. The quantitative estimate of drug-likeness (QED) is 0.496. The van der Waals surface area contributed by atoms with Gasteiger partial charge in [-0.1, -0.05) is 0 Å². The maximum atomic E-state index is 10.2. The molecule has 1 atom stereocenters. The van der Waals surface area contributed by atoms with Crippen LogP contribution in [-0.2, 0) is 9.53 Å². The van der Waals surface area contributed by atoms with Gasteiger partial charge in [0.25, 0.3) is 0 Å². The summed E-state index contributed by atoms with van der Waals surface area (Å²) in [6, 6.07) is -0.984. The van der Waals surface area contributed by atoms with Crippen molar-refractivity contribution in [3.63, 3.8) is 0 Å². The van der Waals surface area contributed by atoms with Crippen LogP contribution in [0.4, 0.5) is 0 Å². The van der Waals surface area contributed by atoms with E-state index in [-0.39, 0.29) is 6.61 Å². The van der Waals surface area contributed by atoms with Crippen LogP contribution in [0.25, 0.3) is 0 Å². The molecule has 0 bridgehead atoms. The summed E-state index contributed by atoms with van der Waals surface area (Å²) in [6.07, 6.45) is 0.458. The van der Waals surface area contributed by atoms with Gasteiger partial charge in [0.15, 0.2) is 0 Å². The number of carboxylic acids is 1. The van der Waals surface area contributed by atoms with Gasteiger partial charge in [0, 0.05) is 6.61 Å². The van der Waals surface area contributed by atoms with Crippen LogP contribution in [0.2, 0.25) is 0 Å². The summed E-state index contributed by atoms with van der Waals surface area (Å²) in [5.41, 5.74) is 4.39. The summed E-state index contributed by atoms with van der Waals surface area (Å²) in [6.45, 7) is 3.61. The molecule has 0 aliphatic heterocycles. The van der Waals surface area contributed by atoms with Crippen molar-refractivity contribution in [2.75, 3.05) is 13.2 Å². The highest BCUT2D eigenvalue weighted by Gasteiger charge is 2.14. The zero-order valence-corrected chi connectivity index (χ0v) is 7.99. The lowest BCUT2D eigenvalue weighted by molar-refractivity contribution is -0.140. The minimum absolute atomic E-state index is 0.0224. The van der Waals surface area contributed by atoms with E-state index in [0.29, 0.717) is 13.0 Å². The monoisotopic (exact) mass is 191 g/mol. The molecule has 0 radical (unpaired) electrons. The largest absolute Gasteiger partial charge is 0.480 e. The van der Waals surface area contributed by atoms with Crippen molar-refractivity contribution in [1.82, 2.24) is 0 Å². The Labute approximate surface area is 77.5 Å². The number of nitrogens with two attached hydrogens (primary N) is 1. The summed E-state index contributed by atoms with van der Waals surface area (Å²) in [5.74, 6) is -1.08. The topological polar surface area (TPSA) is 92.8 Å². The van der Waals surface area contributed by atoms with Gasteiger partial charge in [-0.05, 0) is 20.3 Å². The summed E-state index contributed by atoms with van der Waals surface area (Å²) in [5, 5.41) is 17.7. The predicted molar refractivity (Wildman–Crippen MR) is 47.3 cm³/mol. The molecule has 0 aromatic rings. The molecule has 0 aromatic heterocycles. The second kappa shape index (κ2) is 5.16. The normalized spacial score (nSPS) is 14.2. The first-order valence-electron chi connectivity index (χ1n) is 4.11. The third kappa shape index (κ3) is 7.70. The van der Waals surface area contributed by atoms with Crippen LogP contribution in [0.5, 0.6) is 0 Å². The van der Waals surface area contributed by atoms with Gasteiger partial charge in [0.1, 0.15) is 6.04 Å². The zero-order valence-electron chi connectivity index (χ0n) is 7.99. The van der Waals surface area contributed by atoms with Crippen LogP contribution >= 0.6 is 0 Å². The molecule has 0 amide bonds. The molecule has 0 fully saturated rings. The van der Waals surface area contributed by atoms with Crippen LogP contribution in [-0.4, -0.2) is 41.0 Å². The molecule has 4 N–H and O–H groups in total. The third-order valence-corrected chi connectivity index (χ3v) is 1.47. The highest BCUT2D eigenvalue weighted by atomic mass is 16.5. The molecule has 1 unspecified atom stereocenters. The molecule has 0 aliphatic rings. The standard InChI is InChI=1S/C8H17NO4/c1-8(2,12)3-4-13-5-6(9)7(10)11/h6,12H,3-5,9H2,1-2H3,(H,10,11). The molecule has 13 heavy (non-hydrogen) atoms. The summed E-state index contributed by atoms with van der Waals surface area (Å²) < 4.78 is 4.97. The number of carboxylic acid groups (broad SMARTS) is 1. The molecule has 0 saturated heterocycles. The molecule has 0 rings (SSSR count). The van der Waals surface area contributed by atoms with E-state index in [1.807, 2.05) is 0 Å². The highest BCUT2D eigenvalue weighted by molar-refractivity contribution is 5.73. The Kier molecular flexibility index (Phi) is 4.90. The first-order chi connectivity index (χ1) is 5.83. The Morgan fingerprint density at radius 2 is 2.15 bits per heavy atom.